The van der Waals surface area contributed by atoms with Gasteiger partial charge < -0.3 is 20.5 Å². The smallest absolute Gasteiger partial charge is 0.191 e. The minimum Gasteiger partial charge on any atom is -0.497 e. The Bertz CT molecular complexity index is 695. The number of benzene rings is 2. The van der Waals surface area contributed by atoms with Crippen LogP contribution in [0.1, 0.15) is 24.2 Å². The molecule has 0 spiro atoms. The highest BCUT2D eigenvalue weighted by Gasteiger charge is 2.09. The fraction of sp³-hybridized carbons (Fsp3) is 0.316. The van der Waals surface area contributed by atoms with Crippen LogP contribution in [0.15, 0.2) is 53.5 Å². The van der Waals surface area contributed by atoms with Gasteiger partial charge >= 0.3 is 0 Å². The Hall–Kier alpha value is -1.87. The lowest BCUT2D eigenvalue weighted by Gasteiger charge is -2.16. The first-order valence-electron chi connectivity index (χ1n) is 8.21. The van der Waals surface area contributed by atoms with Gasteiger partial charge in [-0.05, 0) is 42.3 Å². The summed E-state index contributed by atoms with van der Waals surface area (Å²) in [7, 11) is 1.59. The molecule has 0 aliphatic carbocycles. The van der Waals surface area contributed by atoms with Gasteiger partial charge in [0.1, 0.15) is 11.6 Å². The Morgan fingerprint density at radius 2 is 1.92 bits per heavy atom. The van der Waals surface area contributed by atoms with E-state index in [-0.39, 0.29) is 29.8 Å². The van der Waals surface area contributed by atoms with Gasteiger partial charge in [0.15, 0.2) is 5.96 Å². The van der Waals surface area contributed by atoms with Gasteiger partial charge in [0.2, 0.25) is 0 Å². The molecule has 0 bridgehead atoms. The number of nitrogens with one attached hydrogen (secondary N) is 2. The number of nitrogens with zero attached hydrogens (tertiary/aromatic N) is 1. The summed E-state index contributed by atoms with van der Waals surface area (Å²) >= 11 is 0. The normalized spacial score (nSPS) is 12.1. The second kappa shape index (κ2) is 11.7. The van der Waals surface area contributed by atoms with Crippen molar-refractivity contribution in [3.8, 4) is 5.75 Å². The van der Waals surface area contributed by atoms with Crippen molar-refractivity contribution in [1.82, 2.24) is 10.6 Å². The van der Waals surface area contributed by atoms with Gasteiger partial charge in [-0.1, -0.05) is 24.3 Å². The van der Waals surface area contributed by atoms with Crippen molar-refractivity contribution in [3.05, 3.63) is 65.5 Å². The first-order chi connectivity index (χ1) is 12.1. The molecule has 1 atom stereocenters. The third-order valence-electron chi connectivity index (χ3n) is 3.62. The molecule has 0 saturated carbocycles. The van der Waals surface area contributed by atoms with Crippen LogP contribution in [-0.4, -0.2) is 31.3 Å². The SMILES string of the molecule is CCNC(=NCc1ccc(F)cc1)NCC(O)c1cccc(OC)c1.I. The van der Waals surface area contributed by atoms with Crippen molar-refractivity contribution in [2.75, 3.05) is 20.2 Å². The zero-order valence-corrected chi connectivity index (χ0v) is 17.2. The predicted molar refractivity (Wildman–Crippen MR) is 113 cm³/mol. The average molecular weight is 473 g/mol. The minimum absolute atomic E-state index is 0. The van der Waals surface area contributed by atoms with Crippen LogP contribution in [0.25, 0.3) is 0 Å². The summed E-state index contributed by atoms with van der Waals surface area (Å²) in [5, 5.41) is 16.6. The largest absolute Gasteiger partial charge is 0.497 e. The highest BCUT2D eigenvalue weighted by atomic mass is 127. The molecular formula is C19H25FIN3O2. The van der Waals surface area contributed by atoms with Crippen LogP contribution in [0.3, 0.4) is 0 Å². The monoisotopic (exact) mass is 473 g/mol. The summed E-state index contributed by atoms with van der Waals surface area (Å²) in [5.41, 5.74) is 1.67. The van der Waals surface area contributed by atoms with Crippen LogP contribution in [0.5, 0.6) is 5.75 Å². The number of ether oxygens (including phenoxy) is 1. The van der Waals surface area contributed by atoms with E-state index in [0.717, 1.165) is 11.1 Å². The first kappa shape index (κ1) is 22.2. The van der Waals surface area contributed by atoms with E-state index in [0.29, 0.717) is 31.3 Å². The second-order valence-corrected chi connectivity index (χ2v) is 5.49. The lowest BCUT2D eigenvalue weighted by atomic mass is 10.1. The lowest BCUT2D eigenvalue weighted by Crippen LogP contribution is -2.39. The molecule has 7 heteroatoms. The summed E-state index contributed by atoms with van der Waals surface area (Å²) in [6, 6.07) is 13.5. The van der Waals surface area contributed by atoms with Gasteiger partial charge in [-0.15, -0.1) is 24.0 Å². The molecule has 142 valence electrons. The molecule has 0 amide bonds. The van der Waals surface area contributed by atoms with Crippen LogP contribution in [-0.2, 0) is 6.54 Å². The number of hydrogen-bond donors (Lipinski definition) is 3. The molecule has 3 N–H and O–H groups in total. The summed E-state index contributed by atoms with van der Waals surface area (Å²) in [6.07, 6.45) is -0.690. The summed E-state index contributed by atoms with van der Waals surface area (Å²) in [4.78, 5) is 4.45. The molecule has 26 heavy (non-hydrogen) atoms. The number of methoxy groups -OCH3 is 1. The minimum atomic E-state index is -0.690. The van der Waals surface area contributed by atoms with Crippen LogP contribution in [0.4, 0.5) is 4.39 Å². The fourth-order valence-electron chi connectivity index (χ4n) is 2.26. The Kier molecular flexibility index (Phi) is 9.97. The average Bonchev–Trinajstić information content (AvgIpc) is 2.65. The van der Waals surface area contributed by atoms with Gasteiger partial charge in [-0.25, -0.2) is 9.38 Å². The van der Waals surface area contributed by atoms with Gasteiger partial charge in [-0.3, -0.25) is 0 Å². The van der Waals surface area contributed by atoms with Crippen molar-refractivity contribution < 1.29 is 14.2 Å². The number of aliphatic hydroxyl groups is 1. The zero-order valence-electron chi connectivity index (χ0n) is 14.9. The highest BCUT2D eigenvalue weighted by Crippen LogP contribution is 2.18. The highest BCUT2D eigenvalue weighted by molar-refractivity contribution is 14.0. The van der Waals surface area contributed by atoms with E-state index in [4.69, 9.17) is 4.74 Å². The van der Waals surface area contributed by atoms with Crippen molar-refractivity contribution in [2.24, 2.45) is 4.99 Å². The maximum Gasteiger partial charge on any atom is 0.191 e. The van der Waals surface area contributed by atoms with Crippen molar-refractivity contribution in [1.29, 1.82) is 0 Å². The van der Waals surface area contributed by atoms with E-state index in [1.807, 2.05) is 25.1 Å². The van der Waals surface area contributed by atoms with Crippen molar-refractivity contribution in [2.45, 2.75) is 19.6 Å². The number of aliphatic hydroxyl groups excluding tert-OH is 1. The molecular weight excluding hydrogens is 448 g/mol. The molecule has 5 nitrogen and oxygen atoms in total. The van der Waals surface area contributed by atoms with E-state index in [1.54, 1.807) is 25.3 Å². The molecule has 2 rings (SSSR count). The Morgan fingerprint density at radius 1 is 1.19 bits per heavy atom. The quantitative estimate of drug-likeness (QED) is 0.328. The van der Waals surface area contributed by atoms with Gasteiger partial charge in [0, 0.05) is 13.1 Å². The van der Waals surface area contributed by atoms with Crippen LogP contribution < -0.4 is 15.4 Å². The molecule has 0 saturated heterocycles. The van der Waals surface area contributed by atoms with E-state index >= 15 is 0 Å². The van der Waals surface area contributed by atoms with Gasteiger partial charge in [0.25, 0.3) is 0 Å². The van der Waals surface area contributed by atoms with Crippen LogP contribution in [0, 0.1) is 5.82 Å². The van der Waals surface area contributed by atoms with Crippen LogP contribution in [0.2, 0.25) is 0 Å². The van der Waals surface area contributed by atoms with E-state index in [9.17, 15) is 9.50 Å². The summed E-state index contributed by atoms with van der Waals surface area (Å²) in [6.45, 7) is 3.39. The summed E-state index contributed by atoms with van der Waals surface area (Å²) < 4.78 is 18.1. The van der Waals surface area contributed by atoms with Gasteiger partial charge in [0.05, 0.1) is 19.8 Å². The molecule has 0 aliphatic heterocycles. The Balaban J connectivity index is 0.00000338. The lowest BCUT2D eigenvalue weighted by molar-refractivity contribution is 0.180. The maximum absolute atomic E-state index is 12.9. The van der Waals surface area contributed by atoms with Gasteiger partial charge in [-0.2, -0.15) is 0 Å². The molecule has 1 unspecified atom stereocenters. The molecule has 0 heterocycles. The number of aliphatic imine (C=N–C) groups is 1. The zero-order chi connectivity index (χ0) is 18.1. The third-order valence-corrected chi connectivity index (χ3v) is 3.62. The molecule has 0 radical (unpaired) electrons. The molecule has 2 aromatic carbocycles. The van der Waals surface area contributed by atoms with Crippen molar-refractivity contribution in [3.63, 3.8) is 0 Å². The fourth-order valence-corrected chi connectivity index (χ4v) is 2.26. The number of rotatable bonds is 7. The molecule has 0 fully saturated rings. The number of guanidine groups is 1. The van der Waals surface area contributed by atoms with E-state index in [1.165, 1.54) is 12.1 Å². The topological polar surface area (TPSA) is 65.9 Å². The number of halogens is 2. The van der Waals surface area contributed by atoms with Crippen molar-refractivity contribution >= 4 is 29.9 Å². The third kappa shape index (κ3) is 7.17. The van der Waals surface area contributed by atoms with Crippen LogP contribution >= 0.6 is 24.0 Å². The van der Waals surface area contributed by atoms with E-state index in [2.05, 4.69) is 15.6 Å². The molecule has 0 aromatic heterocycles. The second-order valence-electron chi connectivity index (χ2n) is 5.49. The first-order valence-corrected chi connectivity index (χ1v) is 8.21. The Labute approximate surface area is 170 Å². The summed E-state index contributed by atoms with van der Waals surface area (Å²) in [5.74, 6) is 1.03. The van der Waals surface area contributed by atoms with E-state index < -0.39 is 6.10 Å². The standard InChI is InChI=1S/C19H24FN3O2.HI/c1-3-21-19(22-12-14-7-9-16(20)10-8-14)23-13-18(24)15-5-4-6-17(11-15)25-2;/h4-11,18,24H,3,12-13H2,1-2H3,(H2,21,22,23);1H. The molecule has 0 aliphatic rings. The Morgan fingerprint density at radius 3 is 2.58 bits per heavy atom. The predicted octanol–water partition coefficient (Wildman–Crippen LogP) is 3.24. The maximum atomic E-state index is 12.9. The molecule has 2 aromatic rings. The number of hydrogen-bond acceptors (Lipinski definition) is 3.